The smallest absolute Gasteiger partial charge is 0.303 e. The first-order chi connectivity index (χ1) is 12.0. The summed E-state index contributed by atoms with van der Waals surface area (Å²) in [7, 11) is 0. The number of benzene rings is 1. The maximum absolute atomic E-state index is 12.9. The number of hydrogen-bond donors (Lipinski definition) is 2. The molecule has 1 aliphatic heterocycles. The average molecular weight is 349 g/mol. The number of carbonyl (C=O) groups excluding carboxylic acids is 2. The number of rotatable bonds is 8. The Labute approximate surface area is 144 Å². The van der Waals surface area contributed by atoms with Crippen LogP contribution in [0.5, 0.6) is 0 Å². The van der Waals surface area contributed by atoms with Crippen molar-refractivity contribution in [1.29, 1.82) is 0 Å². The highest BCUT2D eigenvalue weighted by Gasteiger charge is 2.24. The number of nitrogens with one attached hydrogen (secondary N) is 1. The van der Waals surface area contributed by atoms with Gasteiger partial charge in [-0.25, -0.2) is 9.40 Å². The van der Waals surface area contributed by atoms with E-state index in [4.69, 9.17) is 5.11 Å². The van der Waals surface area contributed by atoms with E-state index in [1.165, 1.54) is 17.1 Å². The summed E-state index contributed by atoms with van der Waals surface area (Å²) in [5, 5.41) is 16.6. The van der Waals surface area contributed by atoms with Crippen molar-refractivity contribution in [3.05, 3.63) is 35.6 Å². The van der Waals surface area contributed by atoms with Crippen LogP contribution in [0.15, 0.2) is 29.4 Å². The van der Waals surface area contributed by atoms with Crippen LogP contribution in [0.25, 0.3) is 0 Å². The molecule has 1 heterocycles. The number of aliphatic carboxylic acids is 1. The SMILES string of the molecule is O=C(O)CCCCNC(=O)C1=NN(Cc2ccc(F)cc2)C(=O)CC1. The van der Waals surface area contributed by atoms with Gasteiger partial charge in [0.1, 0.15) is 11.5 Å². The van der Waals surface area contributed by atoms with Crippen molar-refractivity contribution in [2.24, 2.45) is 5.10 Å². The van der Waals surface area contributed by atoms with Gasteiger partial charge in [-0.1, -0.05) is 12.1 Å². The Hall–Kier alpha value is -2.77. The van der Waals surface area contributed by atoms with E-state index in [9.17, 15) is 18.8 Å². The normalized spacial score (nSPS) is 14.2. The van der Waals surface area contributed by atoms with E-state index in [1.807, 2.05) is 0 Å². The molecule has 0 saturated carbocycles. The summed E-state index contributed by atoms with van der Waals surface area (Å²) in [6.45, 7) is 0.533. The summed E-state index contributed by atoms with van der Waals surface area (Å²) in [4.78, 5) is 34.5. The highest BCUT2D eigenvalue weighted by molar-refractivity contribution is 6.39. The Morgan fingerprint density at radius 2 is 1.92 bits per heavy atom. The Morgan fingerprint density at radius 1 is 1.20 bits per heavy atom. The van der Waals surface area contributed by atoms with Crippen molar-refractivity contribution < 1.29 is 23.9 Å². The second-order valence-electron chi connectivity index (χ2n) is 5.73. The van der Waals surface area contributed by atoms with Crippen LogP contribution in [0.4, 0.5) is 4.39 Å². The Morgan fingerprint density at radius 3 is 2.60 bits per heavy atom. The molecule has 2 amide bonds. The zero-order chi connectivity index (χ0) is 18.2. The van der Waals surface area contributed by atoms with Crippen molar-refractivity contribution in [3.8, 4) is 0 Å². The van der Waals surface area contributed by atoms with Crippen molar-refractivity contribution in [3.63, 3.8) is 0 Å². The minimum Gasteiger partial charge on any atom is -0.481 e. The second kappa shape index (κ2) is 8.91. The predicted molar refractivity (Wildman–Crippen MR) is 88.1 cm³/mol. The molecule has 0 aliphatic carbocycles. The van der Waals surface area contributed by atoms with Crippen LogP contribution in [-0.4, -0.2) is 40.2 Å². The molecule has 8 heteroatoms. The number of amides is 2. The molecule has 0 bridgehead atoms. The van der Waals surface area contributed by atoms with Gasteiger partial charge < -0.3 is 10.4 Å². The molecule has 134 valence electrons. The molecule has 1 aliphatic rings. The van der Waals surface area contributed by atoms with Gasteiger partial charge in [-0.15, -0.1) is 0 Å². The molecule has 7 nitrogen and oxygen atoms in total. The molecule has 2 N–H and O–H groups in total. The van der Waals surface area contributed by atoms with Gasteiger partial charge in [0.15, 0.2) is 0 Å². The topological polar surface area (TPSA) is 99.1 Å². The molecule has 0 unspecified atom stereocenters. The van der Waals surface area contributed by atoms with E-state index in [2.05, 4.69) is 10.4 Å². The van der Waals surface area contributed by atoms with E-state index in [0.717, 1.165) is 0 Å². The minimum atomic E-state index is -0.863. The lowest BCUT2D eigenvalue weighted by atomic mass is 10.1. The van der Waals surface area contributed by atoms with Gasteiger partial charge in [-0.3, -0.25) is 14.4 Å². The van der Waals surface area contributed by atoms with Crippen LogP contribution in [0.2, 0.25) is 0 Å². The number of unbranched alkanes of at least 4 members (excludes halogenated alkanes) is 1. The summed E-state index contributed by atoms with van der Waals surface area (Å²) < 4.78 is 12.9. The molecule has 0 radical (unpaired) electrons. The Kier molecular flexibility index (Phi) is 6.62. The van der Waals surface area contributed by atoms with E-state index < -0.39 is 5.97 Å². The van der Waals surface area contributed by atoms with Crippen molar-refractivity contribution in [2.45, 2.75) is 38.6 Å². The number of halogens is 1. The van der Waals surface area contributed by atoms with Crippen molar-refractivity contribution in [2.75, 3.05) is 6.54 Å². The molecule has 0 atom stereocenters. The number of carboxylic acids is 1. The Balaban J connectivity index is 1.89. The first kappa shape index (κ1) is 18.6. The fraction of sp³-hybridized carbons (Fsp3) is 0.412. The van der Waals surface area contributed by atoms with Crippen LogP contribution < -0.4 is 5.32 Å². The second-order valence-corrected chi connectivity index (χ2v) is 5.73. The Bertz CT molecular complexity index is 673. The van der Waals surface area contributed by atoms with Gasteiger partial charge in [0.05, 0.1) is 6.54 Å². The number of hydrogen-bond acceptors (Lipinski definition) is 4. The zero-order valence-corrected chi connectivity index (χ0v) is 13.7. The largest absolute Gasteiger partial charge is 0.481 e. The predicted octanol–water partition coefficient (Wildman–Crippen LogP) is 1.68. The van der Waals surface area contributed by atoms with Crippen LogP contribution >= 0.6 is 0 Å². The van der Waals surface area contributed by atoms with Gasteiger partial charge in [-0.2, -0.15) is 5.10 Å². The van der Waals surface area contributed by atoms with E-state index in [1.54, 1.807) is 12.1 Å². The fourth-order valence-electron chi connectivity index (χ4n) is 2.36. The monoisotopic (exact) mass is 349 g/mol. The molecule has 2 rings (SSSR count). The maximum Gasteiger partial charge on any atom is 0.303 e. The molecule has 1 aromatic rings. The zero-order valence-electron chi connectivity index (χ0n) is 13.7. The minimum absolute atomic E-state index is 0.0662. The third-order valence-corrected chi connectivity index (χ3v) is 3.72. The van der Waals surface area contributed by atoms with Gasteiger partial charge >= 0.3 is 5.97 Å². The summed E-state index contributed by atoms with van der Waals surface area (Å²) in [5.41, 5.74) is 0.980. The molecule has 0 saturated heterocycles. The summed E-state index contributed by atoms with van der Waals surface area (Å²) in [6, 6.07) is 5.74. The quantitative estimate of drug-likeness (QED) is 0.698. The summed E-state index contributed by atoms with van der Waals surface area (Å²) in [6.07, 6.45) is 1.56. The standard InChI is InChI=1S/C17H20FN3O4/c18-13-6-4-12(5-7-13)11-21-15(22)9-8-14(20-21)17(25)19-10-2-1-3-16(23)24/h4-7H,1-3,8-11H2,(H,19,25)(H,23,24). The molecule has 0 spiro atoms. The van der Waals surface area contributed by atoms with Crippen LogP contribution in [0.3, 0.4) is 0 Å². The molecule has 0 fully saturated rings. The van der Waals surface area contributed by atoms with E-state index >= 15 is 0 Å². The molecular formula is C17H20FN3O4. The number of nitrogens with zero attached hydrogens (tertiary/aromatic N) is 2. The van der Waals surface area contributed by atoms with Crippen LogP contribution in [0, 0.1) is 5.82 Å². The van der Waals surface area contributed by atoms with Gasteiger partial charge in [0.25, 0.3) is 5.91 Å². The molecule has 1 aromatic carbocycles. The third-order valence-electron chi connectivity index (χ3n) is 3.72. The summed E-state index contributed by atoms with van der Waals surface area (Å²) >= 11 is 0. The number of hydrazone groups is 1. The van der Waals surface area contributed by atoms with Crippen LogP contribution in [-0.2, 0) is 20.9 Å². The van der Waals surface area contributed by atoms with Crippen LogP contribution in [0.1, 0.15) is 37.7 Å². The number of carbonyl (C=O) groups is 3. The van der Waals surface area contributed by atoms with E-state index in [0.29, 0.717) is 24.9 Å². The molecule has 0 aromatic heterocycles. The lowest BCUT2D eigenvalue weighted by molar-refractivity contribution is -0.137. The molecule has 25 heavy (non-hydrogen) atoms. The number of carboxylic acid groups (broad SMARTS) is 1. The van der Waals surface area contributed by atoms with Crippen molar-refractivity contribution in [1.82, 2.24) is 10.3 Å². The van der Waals surface area contributed by atoms with Gasteiger partial charge in [-0.05, 0) is 30.5 Å². The van der Waals surface area contributed by atoms with Gasteiger partial charge in [0.2, 0.25) is 5.91 Å². The first-order valence-electron chi connectivity index (χ1n) is 8.08. The van der Waals surface area contributed by atoms with Gasteiger partial charge in [0, 0.05) is 25.8 Å². The maximum atomic E-state index is 12.9. The third kappa shape index (κ3) is 5.98. The molecular weight excluding hydrogens is 329 g/mol. The van der Waals surface area contributed by atoms with E-state index in [-0.39, 0.29) is 49.2 Å². The average Bonchev–Trinajstić information content (AvgIpc) is 2.58. The highest BCUT2D eigenvalue weighted by Crippen LogP contribution is 2.14. The lowest BCUT2D eigenvalue weighted by Gasteiger charge is -2.23. The first-order valence-corrected chi connectivity index (χ1v) is 8.08. The summed E-state index contributed by atoms with van der Waals surface area (Å²) in [5.74, 6) is -1.77. The lowest BCUT2D eigenvalue weighted by Crippen LogP contribution is -2.39. The highest BCUT2D eigenvalue weighted by atomic mass is 19.1. The van der Waals surface area contributed by atoms with Crippen molar-refractivity contribution >= 4 is 23.5 Å². The fourth-order valence-corrected chi connectivity index (χ4v) is 2.36.